The molecule has 0 spiro atoms. The molecule has 0 fully saturated rings. The van der Waals surface area contributed by atoms with E-state index in [1.165, 1.54) is 6.20 Å². The van der Waals surface area contributed by atoms with Crippen molar-refractivity contribution in [2.75, 3.05) is 0 Å². The van der Waals surface area contributed by atoms with Crippen LogP contribution in [0, 0.1) is 0 Å². The summed E-state index contributed by atoms with van der Waals surface area (Å²) in [5.74, 6) is -0.698. The maximum absolute atomic E-state index is 11.7. The first-order chi connectivity index (χ1) is 8.73. The fraction of sp³-hybridized carbons (Fsp3) is 0.583. The molecule has 0 aliphatic rings. The van der Waals surface area contributed by atoms with Crippen LogP contribution in [-0.2, 0) is 4.74 Å². The quantitative estimate of drug-likeness (QED) is 0.776. The number of nitrogens with zero attached hydrogens (tertiary/aromatic N) is 1. The lowest BCUT2D eigenvalue weighted by Crippen LogP contribution is -2.35. The van der Waals surface area contributed by atoms with Gasteiger partial charge in [0.05, 0.1) is 12.2 Å². The minimum Gasteiger partial charge on any atom is -0.477 e. The monoisotopic (exact) mass is 269 g/mol. The molecule has 1 heterocycles. The van der Waals surface area contributed by atoms with Crippen LogP contribution >= 0.6 is 0 Å². The van der Waals surface area contributed by atoms with Gasteiger partial charge >= 0.3 is 12.1 Å². The lowest BCUT2D eigenvalue weighted by Gasteiger charge is -2.22. The van der Waals surface area contributed by atoms with Crippen molar-refractivity contribution < 1.29 is 19.4 Å². The average molecular weight is 269 g/mol. The molecule has 3 N–H and O–H groups in total. The Morgan fingerprint density at radius 2 is 2.16 bits per heavy atom. The summed E-state index contributed by atoms with van der Waals surface area (Å²) in [6.07, 6.45) is 1.22. The molecule has 1 aromatic heterocycles. The van der Waals surface area contributed by atoms with Crippen molar-refractivity contribution >= 4 is 12.1 Å². The largest absolute Gasteiger partial charge is 0.477 e. The fourth-order valence-electron chi connectivity index (χ4n) is 1.44. The van der Waals surface area contributed by atoms with E-state index in [1.807, 2.05) is 6.92 Å². The van der Waals surface area contributed by atoms with Crippen LogP contribution in [0.25, 0.3) is 0 Å². The molecule has 106 valence electrons. The Labute approximate surface area is 111 Å². The summed E-state index contributed by atoms with van der Waals surface area (Å²) >= 11 is 0. The number of imidazole rings is 1. The Hall–Kier alpha value is -2.05. The molecule has 7 heteroatoms. The van der Waals surface area contributed by atoms with Gasteiger partial charge in [0.2, 0.25) is 0 Å². The van der Waals surface area contributed by atoms with Gasteiger partial charge in [-0.1, -0.05) is 6.92 Å². The molecule has 0 aliphatic heterocycles. The van der Waals surface area contributed by atoms with Crippen molar-refractivity contribution in [3.05, 3.63) is 17.7 Å². The van der Waals surface area contributed by atoms with E-state index in [0.29, 0.717) is 12.2 Å². The minimum absolute atomic E-state index is 0.0144. The number of hydrogen-bond donors (Lipinski definition) is 3. The Balaban J connectivity index is 2.72. The van der Waals surface area contributed by atoms with Crippen molar-refractivity contribution in [3.8, 4) is 0 Å². The van der Waals surface area contributed by atoms with Gasteiger partial charge < -0.3 is 20.1 Å². The van der Waals surface area contributed by atoms with Gasteiger partial charge in [-0.15, -0.1) is 0 Å². The highest BCUT2D eigenvalue weighted by Crippen LogP contribution is 2.15. The van der Waals surface area contributed by atoms with Crippen LogP contribution in [0.5, 0.6) is 0 Å². The first-order valence-electron chi connectivity index (χ1n) is 6.00. The van der Waals surface area contributed by atoms with Gasteiger partial charge in [-0.3, -0.25) is 0 Å². The van der Waals surface area contributed by atoms with E-state index < -0.39 is 23.7 Å². The molecule has 7 nitrogen and oxygen atoms in total. The highest BCUT2D eigenvalue weighted by atomic mass is 16.6. The molecular weight excluding hydrogens is 250 g/mol. The molecule has 1 rings (SSSR count). The Bertz CT molecular complexity index is 462. The zero-order chi connectivity index (χ0) is 14.6. The lowest BCUT2D eigenvalue weighted by atomic mass is 10.2. The van der Waals surface area contributed by atoms with Crippen molar-refractivity contribution in [2.24, 2.45) is 0 Å². The van der Waals surface area contributed by atoms with E-state index in [0.717, 1.165) is 0 Å². The summed E-state index contributed by atoms with van der Waals surface area (Å²) < 4.78 is 5.14. The van der Waals surface area contributed by atoms with E-state index in [4.69, 9.17) is 9.84 Å². The second-order valence-electron chi connectivity index (χ2n) is 5.09. The first kappa shape index (κ1) is 15.0. The molecule has 1 atom stereocenters. The molecule has 1 aromatic rings. The van der Waals surface area contributed by atoms with Gasteiger partial charge in [0.15, 0.2) is 0 Å². The molecule has 19 heavy (non-hydrogen) atoms. The fourth-order valence-corrected chi connectivity index (χ4v) is 1.44. The van der Waals surface area contributed by atoms with E-state index in [2.05, 4.69) is 15.3 Å². The molecule has 0 saturated carbocycles. The van der Waals surface area contributed by atoms with Crippen LogP contribution in [0.15, 0.2) is 6.20 Å². The minimum atomic E-state index is -1.09. The molecule has 0 aromatic carbocycles. The van der Waals surface area contributed by atoms with Crippen molar-refractivity contribution in [1.29, 1.82) is 0 Å². The predicted molar refractivity (Wildman–Crippen MR) is 67.9 cm³/mol. The van der Waals surface area contributed by atoms with Crippen LogP contribution in [0.4, 0.5) is 4.79 Å². The number of aromatic carboxylic acids is 1. The van der Waals surface area contributed by atoms with Crippen molar-refractivity contribution in [3.63, 3.8) is 0 Å². The number of aromatic nitrogens is 2. The number of H-pyrrole nitrogens is 1. The number of amides is 1. The summed E-state index contributed by atoms with van der Waals surface area (Å²) in [5, 5.41) is 11.4. The van der Waals surface area contributed by atoms with E-state index >= 15 is 0 Å². The number of hydrogen-bond acceptors (Lipinski definition) is 4. The van der Waals surface area contributed by atoms with E-state index in [-0.39, 0.29) is 5.69 Å². The van der Waals surface area contributed by atoms with Gasteiger partial charge in [-0.05, 0) is 27.2 Å². The van der Waals surface area contributed by atoms with Gasteiger partial charge in [0.25, 0.3) is 0 Å². The predicted octanol–water partition coefficient (Wildman–Crippen LogP) is 2.08. The van der Waals surface area contributed by atoms with Crippen LogP contribution in [0.3, 0.4) is 0 Å². The summed E-state index contributed by atoms with van der Waals surface area (Å²) in [6, 6.07) is -0.414. The van der Waals surface area contributed by atoms with Crippen LogP contribution in [0.1, 0.15) is 56.5 Å². The first-order valence-corrected chi connectivity index (χ1v) is 6.00. The number of carboxylic acid groups (broad SMARTS) is 1. The zero-order valence-corrected chi connectivity index (χ0v) is 11.5. The summed E-state index contributed by atoms with van der Waals surface area (Å²) in [4.78, 5) is 29.0. The Morgan fingerprint density at radius 3 is 2.58 bits per heavy atom. The number of carboxylic acids is 1. The topological polar surface area (TPSA) is 104 Å². The number of nitrogens with one attached hydrogen (secondary N) is 2. The molecule has 1 unspecified atom stereocenters. The van der Waals surface area contributed by atoms with Gasteiger partial charge in [0.1, 0.15) is 17.1 Å². The number of carbonyl (C=O) groups excluding carboxylic acids is 1. The van der Waals surface area contributed by atoms with Crippen LogP contribution in [0.2, 0.25) is 0 Å². The second-order valence-corrected chi connectivity index (χ2v) is 5.09. The van der Waals surface area contributed by atoms with E-state index in [9.17, 15) is 9.59 Å². The maximum atomic E-state index is 11.7. The smallest absolute Gasteiger partial charge is 0.408 e. The molecule has 0 aliphatic carbocycles. The number of carbonyl (C=O) groups is 2. The summed E-state index contributed by atoms with van der Waals surface area (Å²) in [6.45, 7) is 7.15. The lowest BCUT2D eigenvalue weighted by molar-refractivity contribution is 0.0500. The van der Waals surface area contributed by atoms with Gasteiger partial charge in [-0.2, -0.15) is 0 Å². The standard InChI is InChI=1S/C12H19N3O4/c1-5-7(15-11(18)19-12(2,3)4)9-13-6-8(14-9)10(16)17/h6-7H,5H2,1-4H3,(H,13,14)(H,15,18)(H,16,17). The van der Waals surface area contributed by atoms with Crippen molar-refractivity contribution in [1.82, 2.24) is 15.3 Å². The normalized spacial score (nSPS) is 12.8. The SMILES string of the molecule is CCC(NC(=O)OC(C)(C)C)c1ncc(C(=O)O)[nH]1. The van der Waals surface area contributed by atoms with Crippen molar-refractivity contribution in [2.45, 2.75) is 45.8 Å². The van der Waals surface area contributed by atoms with Gasteiger partial charge in [0, 0.05) is 0 Å². The number of rotatable bonds is 4. The average Bonchev–Trinajstić information content (AvgIpc) is 2.72. The molecular formula is C12H19N3O4. The summed E-state index contributed by atoms with van der Waals surface area (Å²) in [7, 11) is 0. The third-order valence-electron chi connectivity index (χ3n) is 2.26. The maximum Gasteiger partial charge on any atom is 0.408 e. The molecule has 0 bridgehead atoms. The Kier molecular flexibility index (Phi) is 4.52. The number of aromatic amines is 1. The number of ether oxygens (including phenoxy) is 1. The third-order valence-corrected chi connectivity index (χ3v) is 2.26. The van der Waals surface area contributed by atoms with Gasteiger partial charge in [-0.25, -0.2) is 14.6 Å². The van der Waals surface area contributed by atoms with Crippen LogP contribution < -0.4 is 5.32 Å². The van der Waals surface area contributed by atoms with E-state index in [1.54, 1.807) is 20.8 Å². The number of alkyl carbamates (subject to hydrolysis) is 1. The Morgan fingerprint density at radius 1 is 1.53 bits per heavy atom. The second kappa shape index (κ2) is 5.73. The zero-order valence-electron chi connectivity index (χ0n) is 11.5. The molecule has 0 saturated heterocycles. The third kappa shape index (κ3) is 4.61. The summed E-state index contributed by atoms with van der Waals surface area (Å²) in [5.41, 5.74) is -0.600. The highest BCUT2D eigenvalue weighted by molar-refractivity contribution is 5.85. The molecule has 1 amide bonds. The highest BCUT2D eigenvalue weighted by Gasteiger charge is 2.21. The van der Waals surface area contributed by atoms with Crippen LogP contribution in [-0.4, -0.2) is 32.7 Å². The molecule has 0 radical (unpaired) electrons.